The molecule has 1 fully saturated rings. The molecule has 2 N–H and O–H groups in total. The number of aliphatic hydroxyl groups is 1. The molecule has 0 saturated carbocycles. The van der Waals surface area contributed by atoms with Crippen molar-refractivity contribution in [3.63, 3.8) is 0 Å². The number of piperazine rings is 1. The summed E-state index contributed by atoms with van der Waals surface area (Å²) in [4.78, 5) is 36.4. The van der Waals surface area contributed by atoms with Gasteiger partial charge in [-0.1, -0.05) is 18.2 Å². The maximum absolute atomic E-state index is 12.6. The molecule has 1 aromatic carbocycles. The number of nitrogens with zero attached hydrogens (tertiary/aromatic N) is 4. The van der Waals surface area contributed by atoms with Crippen LogP contribution in [0.25, 0.3) is 0 Å². The summed E-state index contributed by atoms with van der Waals surface area (Å²) in [7, 11) is 0. The third kappa shape index (κ3) is 4.15. The van der Waals surface area contributed by atoms with Crippen LogP contribution in [0.4, 0.5) is 5.69 Å². The molecule has 0 bridgehead atoms. The van der Waals surface area contributed by atoms with Crippen LogP contribution in [0.1, 0.15) is 10.5 Å². The second kappa shape index (κ2) is 8.39. The largest absolute Gasteiger partial charge is 0.394 e. The van der Waals surface area contributed by atoms with Gasteiger partial charge in [0.25, 0.3) is 5.91 Å². The number of benzene rings is 1. The van der Waals surface area contributed by atoms with Crippen LogP contribution in [-0.4, -0.2) is 70.6 Å². The van der Waals surface area contributed by atoms with E-state index in [1.165, 1.54) is 18.6 Å². The van der Waals surface area contributed by atoms with E-state index in [0.29, 0.717) is 26.2 Å². The quantitative estimate of drug-likeness (QED) is 0.778. The molecular formula is C18H21N5O3. The van der Waals surface area contributed by atoms with Gasteiger partial charge in [-0.2, -0.15) is 0 Å². The fraction of sp³-hybridized carbons (Fsp3) is 0.333. The summed E-state index contributed by atoms with van der Waals surface area (Å²) in [5.41, 5.74) is 1.22. The van der Waals surface area contributed by atoms with Gasteiger partial charge in [0.15, 0.2) is 0 Å². The summed E-state index contributed by atoms with van der Waals surface area (Å²) in [6.45, 7) is 2.00. The van der Waals surface area contributed by atoms with E-state index < -0.39 is 18.6 Å². The second-order valence-corrected chi connectivity index (χ2v) is 5.95. The van der Waals surface area contributed by atoms with Crippen molar-refractivity contribution in [2.24, 2.45) is 0 Å². The normalized spacial score (nSPS) is 15.4. The summed E-state index contributed by atoms with van der Waals surface area (Å²) >= 11 is 0. The van der Waals surface area contributed by atoms with Crippen LogP contribution in [0.5, 0.6) is 0 Å². The number of para-hydroxylation sites is 1. The molecular weight excluding hydrogens is 334 g/mol. The van der Waals surface area contributed by atoms with Gasteiger partial charge in [-0.3, -0.25) is 14.6 Å². The lowest BCUT2D eigenvalue weighted by Gasteiger charge is -2.37. The number of carbonyl (C=O) groups is 2. The molecule has 1 saturated heterocycles. The van der Waals surface area contributed by atoms with Crippen molar-refractivity contribution in [1.82, 2.24) is 20.2 Å². The number of hydrogen-bond acceptors (Lipinski definition) is 6. The molecule has 26 heavy (non-hydrogen) atoms. The number of anilines is 1. The molecule has 1 aromatic heterocycles. The van der Waals surface area contributed by atoms with Crippen molar-refractivity contribution in [3.05, 3.63) is 54.6 Å². The Hall–Kier alpha value is -3.00. The van der Waals surface area contributed by atoms with Crippen LogP contribution >= 0.6 is 0 Å². The average molecular weight is 355 g/mol. The zero-order chi connectivity index (χ0) is 18.4. The van der Waals surface area contributed by atoms with E-state index in [4.69, 9.17) is 0 Å². The van der Waals surface area contributed by atoms with E-state index in [0.717, 1.165) is 5.69 Å². The highest BCUT2D eigenvalue weighted by Crippen LogP contribution is 2.16. The Bertz CT molecular complexity index is 733. The molecule has 2 amide bonds. The summed E-state index contributed by atoms with van der Waals surface area (Å²) in [5.74, 6) is -0.828. The van der Waals surface area contributed by atoms with E-state index in [2.05, 4.69) is 20.2 Å². The second-order valence-electron chi connectivity index (χ2n) is 5.95. The summed E-state index contributed by atoms with van der Waals surface area (Å²) in [5, 5.41) is 12.1. The fourth-order valence-electron chi connectivity index (χ4n) is 2.88. The average Bonchev–Trinajstić information content (AvgIpc) is 2.72. The van der Waals surface area contributed by atoms with Crippen LogP contribution in [0.2, 0.25) is 0 Å². The number of amides is 2. The lowest BCUT2D eigenvalue weighted by molar-refractivity contribution is -0.134. The van der Waals surface area contributed by atoms with Crippen LogP contribution in [0, 0.1) is 0 Å². The monoisotopic (exact) mass is 355 g/mol. The van der Waals surface area contributed by atoms with Crippen molar-refractivity contribution >= 4 is 17.5 Å². The third-order valence-electron chi connectivity index (χ3n) is 4.29. The number of nitrogens with one attached hydrogen (secondary N) is 1. The van der Waals surface area contributed by atoms with E-state index in [-0.39, 0.29) is 11.6 Å². The van der Waals surface area contributed by atoms with Crippen LogP contribution in [-0.2, 0) is 4.79 Å². The van der Waals surface area contributed by atoms with Gasteiger partial charge in [0.2, 0.25) is 5.91 Å². The van der Waals surface area contributed by atoms with Gasteiger partial charge in [-0.25, -0.2) is 4.98 Å². The minimum absolute atomic E-state index is 0.104. The van der Waals surface area contributed by atoms with Crippen LogP contribution in [0.15, 0.2) is 48.9 Å². The molecule has 3 rings (SSSR count). The Morgan fingerprint density at radius 2 is 1.85 bits per heavy atom. The molecule has 1 aliphatic heterocycles. The first-order valence-electron chi connectivity index (χ1n) is 8.45. The number of hydrogen-bond donors (Lipinski definition) is 2. The van der Waals surface area contributed by atoms with Crippen molar-refractivity contribution in [2.75, 3.05) is 37.7 Å². The molecule has 8 heteroatoms. The summed E-state index contributed by atoms with van der Waals surface area (Å²) in [6.07, 6.45) is 4.16. The highest BCUT2D eigenvalue weighted by molar-refractivity contribution is 5.96. The van der Waals surface area contributed by atoms with Crippen molar-refractivity contribution in [1.29, 1.82) is 0 Å². The Labute approximate surface area is 151 Å². The smallest absolute Gasteiger partial charge is 0.272 e. The zero-order valence-electron chi connectivity index (χ0n) is 14.3. The topological polar surface area (TPSA) is 98.7 Å². The lowest BCUT2D eigenvalue weighted by atomic mass is 10.2. The number of rotatable bonds is 5. The molecule has 1 atom stereocenters. The molecule has 0 spiro atoms. The van der Waals surface area contributed by atoms with E-state index in [1.54, 1.807) is 4.90 Å². The van der Waals surface area contributed by atoms with Gasteiger partial charge < -0.3 is 20.2 Å². The number of aliphatic hydroxyl groups excluding tert-OH is 1. The van der Waals surface area contributed by atoms with Crippen molar-refractivity contribution in [2.45, 2.75) is 6.04 Å². The first-order valence-corrected chi connectivity index (χ1v) is 8.45. The van der Waals surface area contributed by atoms with E-state index in [1.807, 2.05) is 30.3 Å². The maximum atomic E-state index is 12.6. The zero-order valence-corrected chi connectivity index (χ0v) is 14.3. The van der Waals surface area contributed by atoms with Gasteiger partial charge in [-0.05, 0) is 12.1 Å². The first kappa shape index (κ1) is 17.8. The van der Waals surface area contributed by atoms with Gasteiger partial charge in [0.05, 0.1) is 12.8 Å². The predicted octanol–water partition coefficient (Wildman–Crippen LogP) is -0.0839. The van der Waals surface area contributed by atoms with Crippen molar-refractivity contribution < 1.29 is 14.7 Å². The third-order valence-corrected chi connectivity index (χ3v) is 4.29. The highest BCUT2D eigenvalue weighted by Gasteiger charge is 2.28. The minimum Gasteiger partial charge on any atom is -0.394 e. The van der Waals surface area contributed by atoms with E-state index >= 15 is 0 Å². The molecule has 0 unspecified atom stereocenters. The van der Waals surface area contributed by atoms with Crippen molar-refractivity contribution in [3.8, 4) is 0 Å². The lowest BCUT2D eigenvalue weighted by Crippen LogP contribution is -2.56. The predicted molar refractivity (Wildman–Crippen MR) is 95.6 cm³/mol. The van der Waals surface area contributed by atoms with E-state index in [9.17, 15) is 14.7 Å². The Morgan fingerprint density at radius 1 is 1.12 bits per heavy atom. The molecule has 1 aliphatic rings. The summed E-state index contributed by atoms with van der Waals surface area (Å²) < 4.78 is 0. The van der Waals surface area contributed by atoms with Gasteiger partial charge >= 0.3 is 0 Å². The molecule has 0 aliphatic carbocycles. The molecule has 136 valence electrons. The van der Waals surface area contributed by atoms with Gasteiger partial charge in [0, 0.05) is 44.3 Å². The minimum atomic E-state index is -0.993. The number of carbonyl (C=O) groups excluding carboxylic acids is 2. The van der Waals surface area contributed by atoms with Crippen LogP contribution < -0.4 is 10.2 Å². The Morgan fingerprint density at radius 3 is 2.46 bits per heavy atom. The highest BCUT2D eigenvalue weighted by atomic mass is 16.3. The van der Waals surface area contributed by atoms with Gasteiger partial charge in [-0.15, -0.1) is 0 Å². The standard InChI is InChI=1S/C18H21N5O3/c24-13-16(21-17(25)15-12-19-6-7-20-15)18(26)23-10-8-22(9-11-23)14-4-2-1-3-5-14/h1-7,12,16,24H,8-11,13H2,(H,21,25)/t16-/m0/s1. The fourth-order valence-corrected chi connectivity index (χ4v) is 2.88. The maximum Gasteiger partial charge on any atom is 0.272 e. The molecule has 2 heterocycles. The first-order chi connectivity index (χ1) is 12.7. The van der Waals surface area contributed by atoms with Gasteiger partial charge in [0.1, 0.15) is 11.7 Å². The SMILES string of the molecule is O=C(N[C@@H](CO)C(=O)N1CCN(c2ccccc2)CC1)c1cnccn1. The Balaban J connectivity index is 1.57. The van der Waals surface area contributed by atoms with Crippen LogP contribution in [0.3, 0.4) is 0 Å². The number of aromatic nitrogens is 2. The summed E-state index contributed by atoms with van der Waals surface area (Å²) in [6, 6.07) is 9.01. The molecule has 2 aromatic rings. The molecule has 8 nitrogen and oxygen atoms in total. The molecule has 0 radical (unpaired) electrons. The Kier molecular flexibility index (Phi) is 5.75.